The molecule has 1 aromatic heterocycles. The summed E-state index contributed by atoms with van der Waals surface area (Å²) in [4.78, 5) is 11.6. The molecule has 0 saturated heterocycles. The van der Waals surface area contributed by atoms with Crippen molar-refractivity contribution in [3.8, 4) is 22.6 Å². The molecule has 0 aliphatic carbocycles. The number of hydrogen-bond acceptors (Lipinski definition) is 3. The van der Waals surface area contributed by atoms with Crippen LogP contribution in [0.5, 0.6) is 0 Å². The summed E-state index contributed by atoms with van der Waals surface area (Å²) in [7, 11) is 0. The number of benzene rings is 2. The van der Waals surface area contributed by atoms with Crippen molar-refractivity contribution >= 4 is 21.9 Å². The van der Waals surface area contributed by atoms with Gasteiger partial charge in [0.05, 0.1) is 0 Å². The van der Waals surface area contributed by atoms with Crippen molar-refractivity contribution in [2.45, 2.75) is 0 Å². The van der Waals surface area contributed by atoms with Crippen molar-refractivity contribution in [2.75, 3.05) is 0 Å². The maximum Gasteiger partial charge on any atom is 0.342 e. The lowest BCUT2D eigenvalue weighted by Gasteiger charge is -2.00. The third kappa shape index (κ3) is 2.60. The van der Waals surface area contributed by atoms with Gasteiger partial charge in [0.15, 0.2) is 5.76 Å². The van der Waals surface area contributed by atoms with E-state index in [1.54, 1.807) is 24.3 Å². The lowest BCUT2D eigenvalue weighted by atomic mass is 10.0. The highest BCUT2D eigenvalue weighted by molar-refractivity contribution is 9.10. The molecule has 4 nitrogen and oxygen atoms in total. The standard InChI is InChI=1S/C16H10BrNO3/c17-12-8-4-7-11(9-12)14-13(16(19)20)15(21-18-14)10-5-2-1-3-6-10/h1-9H,(H,19,20). The first kappa shape index (κ1) is 13.6. The maximum atomic E-state index is 11.6. The molecule has 0 amide bonds. The third-order valence-electron chi connectivity index (χ3n) is 3.04. The van der Waals surface area contributed by atoms with Gasteiger partial charge in [-0.2, -0.15) is 0 Å². The molecule has 1 heterocycles. The number of carboxylic acids is 1. The molecule has 1 N–H and O–H groups in total. The van der Waals surface area contributed by atoms with Crippen LogP contribution in [0.2, 0.25) is 0 Å². The number of aromatic carboxylic acids is 1. The maximum absolute atomic E-state index is 11.6. The molecular weight excluding hydrogens is 334 g/mol. The summed E-state index contributed by atoms with van der Waals surface area (Å²) < 4.78 is 6.14. The summed E-state index contributed by atoms with van der Waals surface area (Å²) in [5.41, 5.74) is 1.76. The fourth-order valence-electron chi connectivity index (χ4n) is 2.11. The van der Waals surface area contributed by atoms with E-state index < -0.39 is 5.97 Å². The van der Waals surface area contributed by atoms with Crippen molar-refractivity contribution in [1.29, 1.82) is 0 Å². The Bertz CT molecular complexity index is 796. The Hall–Kier alpha value is -2.40. The van der Waals surface area contributed by atoms with Crippen molar-refractivity contribution in [1.82, 2.24) is 5.16 Å². The Kier molecular flexibility index (Phi) is 3.58. The van der Waals surface area contributed by atoms with E-state index in [1.807, 2.05) is 30.3 Å². The van der Waals surface area contributed by atoms with Gasteiger partial charge >= 0.3 is 5.97 Å². The van der Waals surface area contributed by atoms with E-state index in [4.69, 9.17) is 4.52 Å². The lowest BCUT2D eigenvalue weighted by Crippen LogP contribution is -1.99. The zero-order valence-corrected chi connectivity index (χ0v) is 12.4. The van der Waals surface area contributed by atoms with Gasteiger partial charge in [-0.1, -0.05) is 63.6 Å². The monoisotopic (exact) mass is 343 g/mol. The Balaban J connectivity index is 2.20. The molecule has 0 unspecified atom stereocenters. The van der Waals surface area contributed by atoms with Gasteiger partial charge in [0, 0.05) is 15.6 Å². The Morgan fingerprint density at radius 2 is 1.76 bits per heavy atom. The van der Waals surface area contributed by atoms with Crippen molar-refractivity contribution < 1.29 is 14.4 Å². The molecule has 0 fully saturated rings. The first-order valence-corrected chi connectivity index (χ1v) is 7.00. The smallest absolute Gasteiger partial charge is 0.342 e. The highest BCUT2D eigenvalue weighted by atomic mass is 79.9. The van der Waals surface area contributed by atoms with Gasteiger partial charge in [-0.15, -0.1) is 0 Å². The normalized spacial score (nSPS) is 10.5. The average molecular weight is 344 g/mol. The molecule has 0 spiro atoms. The summed E-state index contributed by atoms with van der Waals surface area (Å²) in [6.07, 6.45) is 0. The minimum Gasteiger partial charge on any atom is -0.477 e. The first-order valence-electron chi connectivity index (χ1n) is 6.21. The van der Waals surface area contributed by atoms with E-state index in [0.717, 1.165) is 4.47 Å². The Morgan fingerprint density at radius 3 is 2.43 bits per heavy atom. The van der Waals surface area contributed by atoms with E-state index in [2.05, 4.69) is 21.1 Å². The Labute approximate surface area is 129 Å². The second kappa shape index (κ2) is 5.54. The van der Waals surface area contributed by atoms with Gasteiger partial charge in [0.1, 0.15) is 11.3 Å². The second-order valence-electron chi connectivity index (χ2n) is 4.42. The second-order valence-corrected chi connectivity index (χ2v) is 5.33. The zero-order chi connectivity index (χ0) is 14.8. The SMILES string of the molecule is O=C(O)c1c(-c2cccc(Br)c2)noc1-c1ccccc1. The van der Waals surface area contributed by atoms with E-state index in [-0.39, 0.29) is 11.3 Å². The topological polar surface area (TPSA) is 63.3 Å². The molecule has 3 aromatic rings. The summed E-state index contributed by atoms with van der Waals surface area (Å²) in [5.74, 6) is -0.803. The van der Waals surface area contributed by atoms with E-state index >= 15 is 0 Å². The van der Waals surface area contributed by atoms with Crippen molar-refractivity contribution in [3.63, 3.8) is 0 Å². The minimum absolute atomic E-state index is 0.0688. The van der Waals surface area contributed by atoms with Crippen LogP contribution in [0.3, 0.4) is 0 Å². The summed E-state index contributed by atoms with van der Waals surface area (Å²) in [6.45, 7) is 0. The highest BCUT2D eigenvalue weighted by Crippen LogP contribution is 2.33. The van der Waals surface area contributed by atoms with Crippen LogP contribution in [0.15, 0.2) is 63.6 Å². The number of halogens is 1. The molecule has 0 atom stereocenters. The zero-order valence-electron chi connectivity index (χ0n) is 10.8. The van der Waals surface area contributed by atoms with Crippen LogP contribution in [-0.2, 0) is 0 Å². The largest absolute Gasteiger partial charge is 0.477 e. The van der Waals surface area contributed by atoms with Crippen LogP contribution in [0.25, 0.3) is 22.6 Å². The van der Waals surface area contributed by atoms with E-state index in [1.165, 1.54) is 0 Å². The predicted octanol–water partition coefficient (Wildman–Crippen LogP) is 4.47. The van der Waals surface area contributed by atoms with Crippen LogP contribution in [0, 0.1) is 0 Å². The molecule has 2 aromatic carbocycles. The molecule has 0 aliphatic heterocycles. The fraction of sp³-hybridized carbons (Fsp3) is 0. The highest BCUT2D eigenvalue weighted by Gasteiger charge is 2.24. The van der Waals surface area contributed by atoms with Gasteiger partial charge in [0.2, 0.25) is 0 Å². The van der Waals surface area contributed by atoms with E-state index in [0.29, 0.717) is 16.8 Å². The fourth-order valence-corrected chi connectivity index (χ4v) is 2.51. The number of carbonyl (C=O) groups is 1. The molecule has 21 heavy (non-hydrogen) atoms. The number of hydrogen-bond donors (Lipinski definition) is 1. The number of nitrogens with zero attached hydrogens (tertiary/aromatic N) is 1. The number of rotatable bonds is 3. The molecular formula is C16H10BrNO3. The van der Waals surface area contributed by atoms with Gasteiger partial charge in [-0.3, -0.25) is 0 Å². The molecule has 0 radical (unpaired) electrons. The summed E-state index contributed by atoms with van der Waals surface area (Å²) >= 11 is 3.37. The van der Waals surface area contributed by atoms with Gasteiger partial charge < -0.3 is 9.63 Å². The van der Waals surface area contributed by atoms with Crippen LogP contribution in [0.4, 0.5) is 0 Å². The van der Waals surface area contributed by atoms with Gasteiger partial charge in [0.25, 0.3) is 0 Å². The number of carboxylic acid groups (broad SMARTS) is 1. The first-order chi connectivity index (χ1) is 10.2. The molecule has 0 aliphatic rings. The lowest BCUT2D eigenvalue weighted by molar-refractivity contribution is 0.0698. The van der Waals surface area contributed by atoms with Gasteiger partial charge in [-0.25, -0.2) is 4.79 Å². The predicted molar refractivity (Wildman–Crippen MR) is 82.0 cm³/mol. The van der Waals surface area contributed by atoms with E-state index in [9.17, 15) is 9.90 Å². The third-order valence-corrected chi connectivity index (χ3v) is 3.53. The van der Waals surface area contributed by atoms with Crippen LogP contribution >= 0.6 is 15.9 Å². The van der Waals surface area contributed by atoms with Crippen LogP contribution < -0.4 is 0 Å². The Morgan fingerprint density at radius 1 is 1.05 bits per heavy atom. The quantitative estimate of drug-likeness (QED) is 0.761. The summed E-state index contributed by atoms with van der Waals surface area (Å²) in [5, 5.41) is 13.5. The summed E-state index contributed by atoms with van der Waals surface area (Å²) in [6, 6.07) is 16.4. The molecule has 0 saturated carbocycles. The number of aromatic nitrogens is 1. The molecule has 5 heteroatoms. The minimum atomic E-state index is -1.06. The van der Waals surface area contributed by atoms with Crippen LogP contribution in [-0.4, -0.2) is 16.2 Å². The molecule has 104 valence electrons. The molecule has 0 bridgehead atoms. The molecule has 3 rings (SSSR count). The van der Waals surface area contributed by atoms with Crippen molar-refractivity contribution in [2.24, 2.45) is 0 Å². The van der Waals surface area contributed by atoms with Crippen molar-refractivity contribution in [3.05, 3.63) is 64.6 Å². The van der Waals surface area contributed by atoms with Crippen LogP contribution in [0.1, 0.15) is 10.4 Å². The van der Waals surface area contributed by atoms with Gasteiger partial charge in [-0.05, 0) is 12.1 Å². The average Bonchev–Trinajstić information content (AvgIpc) is 2.93.